The molecule has 1 aliphatic rings. The molecule has 25 heavy (non-hydrogen) atoms. The third kappa shape index (κ3) is 4.62. The van der Waals surface area contributed by atoms with Gasteiger partial charge in [-0.1, -0.05) is 56.3 Å². The number of nitrogens with one attached hydrogen (secondary N) is 1. The number of carbonyl (C=O) groups is 1. The molecule has 3 nitrogen and oxygen atoms in total. The number of ether oxygens (including phenoxy) is 1. The van der Waals surface area contributed by atoms with Gasteiger partial charge in [-0.15, -0.1) is 0 Å². The lowest BCUT2D eigenvalue weighted by Crippen LogP contribution is -2.33. The second-order valence-corrected chi connectivity index (χ2v) is 7.28. The molecule has 1 aliphatic carbocycles. The second kappa shape index (κ2) is 7.73. The first kappa shape index (κ1) is 17.5. The molecule has 0 heterocycles. The SMILES string of the molecule is Cc1ccc(C(C)C)c(OCC(=O)NC(c2ccccc2)C2CC2)c1. The standard InChI is InChI=1S/C22H27NO2/c1-15(2)19-12-9-16(3)13-20(19)25-14-21(24)23-22(18-10-11-18)17-7-5-4-6-8-17/h4-9,12-13,15,18,22H,10-11,14H2,1-3H3,(H,23,24). The Labute approximate surface area is 150 Å². The minimum Gasteiger partial charge on any atom is -0.483 e. The summed E-state index contributed by atoms with van der Waals surface area (Å²) in [6.07, 6.45) is 2.35. The highest BCUT2D eigenvalue weighted by Gasteiger charge is 2.33. The van der Waals surface area contributed by atoms with Gasteiger partial charge in [-0.25, -0.2) is 0 Å². The van der Waals surface area contributed by atoms with Crippen molar-refractivity contribution in [2.45, 2.75) is 45.6 Å². The first-order valence-corrected chi connectivity index (χ1v) is 9.12. The first-order chi connectivity index (χ1) is 12.0. The number of carbonyl (C=O) groups excluding carboxylic acids is 1. The van der Waals surface area contributed by atoms with Crippen LogP contribution in [-0.2, 0) is 4.79 Å². The molecule has 2 aromatic rings. The maximum atomic E-state index is 12.5. The van der Waals surface area contributed by atoms with Crippen LogP contribution in [0.3, 0.4) is 0 Å². The molecule has 132 valence electrons. The first-order valence-electron chi connectivity index (χ1n) is 9.12. The summed E-state index contributed by atoms with van der Waals surface area (Å²) >= 11 is 0. The molecule has 1 saturated carbocycles. The van der Waals surface area contributed by atoms with Gasteiger partial charge in [-0.3, -0.25) is 4.79 Å². The Bertz CT molecular complexity index is 720. The van der Waals surface area contributed by atoms with Gasteiger partial charge in [0.15, 0.2) is 6.61 Å². The van der Waals surface area contributed by atoms with Crippen molar-refractivity contribution in [3.63, 3.8) is 0 Å². The van der Waals surface area contributed by atoms with Gasteiger partial charge < -0.3 is 10.1 Å². The Balaban J connectivity index is 1.64. The van der Waals surface area contributed by atoms with Crippen molar-refractivity contribution in [3.05, 3.63) is 65.2 Å². The summed E-state index contributed by atoms with van der Waals surface area (Å²) in [5.74, 6) is 1.67. The summed E-state index contributed by atoms with van der Waals surface area (Å²) in [7, 11) is 0. The zero-order chi connectivity index (χ0) is 17.8. The topological polar surface area (TPSA) is 38.3 Å². The molecule has 0 saturated heterocycles. The zero-order valence-corrected chi connectivity index (χ0v) is 15.3. The molecule has 0 aliphatic heterocycles. The minimum absolute atomic E-state index is 0.0548. The molecule has 2 aromatic carbocycles. The second-order valence-electron chi connectivity index (χ2n) is 7.28. The Morgan fingerprint density at radius 2 is 1.88 bits per heavy atom. The van der Waals surface area contributed by atoms with Gasteiger partial charge >= 0.3 is 0 Å². The zero-order valence-electron chi connectivity index (χ0n) is 15.3. The van der Waals surface area contributed by atoms with Crippen LogP contribution in [0, 0.1) is 12.8 Å². The largest absolute Gasteiger partial charge is 0.483 e. The quantitative estimate of drug-likeness (QED) is 0.791. The molecule has 1 unspecified atom stereocenters. The van der Waals surface area contributed by atoms with Crippen molar-refractivity contribution in [1.82, 2.24) is 5.32 Å². The minimum atomic E-state index is -0.0584. The molecular weight excluding hydrogens is 310 g/mol. The molecule has 0 aromatic heterocycles. The van der Waals surface area contributed by atoms with Crippen LogP contribution in [0.2, 0.25) is 0 Å². The number of aryl methyl sites for hydroxylation is 1. The molecule has 3 heteroatoms. The average molecular weight is 337 g/mol. The van der Waals surface area contributed by atoms with Crippen molar-refractivity contribution < 1.29 is 9.53 Å². The third-order valence-corrected chi connectivity index (χ3v) is 4.72. The Morgan fingerprint density at radius 1 is 1.16 bits per heavy atom. The molecule has 1 atom stereocenters. The van der Waals surface area contributed by atoms with E-state index in [-0.39, 0.29) is 18.6 Å². The lowest BCUT2D eigenvalue weighted by Gasteiger charge is -2.20. The lowest BCUT2D eigenvalue weighted by molar-refractivity contribution is -0.124. The summed E-state index contributed by atoms with van der Waals surface area (Å²) in [6, 6.07) is 16.5. The van der Waals surface area contributed by atoms with Crippen molar-refractivity contribution in [2.75, 3.05) is 6.61 Å². The molecule has 0 bridgehead atoms. The van der Waals surface area contributed by atoms with Gasteiger partial charge in [-0.05, 0) is 54.4 Å². The van der Waals surface area contributed by atoms with Crippen LogP contribution in [0.25, 0.3) is 0 Å². The summed E-state index contributed by atoms with van der Waals surface area (Å²) in [6.45, 7) is 6.36. The van der Waals surface area contributed by atoms with E-state index in [1.807, 2.05) is 31.2 Å². The van der Waals surface area contributed by atoms with Crippen molar-refractivity contribution in [2.24, 2.45) is 5.92 Å². The predicted octanol–water partition coefficient (Wildman–Crippen LogP) is 4.76. The van der Waals surface area contributed by atoms with Crippen LogP contribution in [0.5, 0.6) is 5.75 Å². The van der Waals surface area contributed by atoms with E-state index in [0.29, 0.717) is 11.8 Å². The maximum absolute atomic E-state index is 12.5. The predicted molar refractivity (Wildman–Crippen MR) is 101 cm³/mol. The summed E-state index contributed by atoms with van der Waals surface area (Å²) < 4.78 is 5.87. The van der Waals surface area contributed by atoms with E-state index in [4.69, 9.17) is 4.74 Å². The van der Waals surface area contributed by atoms with Gasteiger partial charge in [0.2, 0.25) is 0 Å². The fourth-order valence-electron chi connectivity index (χ4n) is 3.17. The van der Waals surface area contributed by atoms with Gasteiger partial charge in [0.1, 0.15) is 5.75 Å². The van der Waals surface area contributed by atoms with E-state index < -0.39 is 0 Å². The van der Waals surface area contributed by atoms with Gasteiger partial charge in [0.25, 0.3) is 5.91 Å². The molecule has 1 amide bonds. The van der Waals surface area contributed by atoms with Crippen LogP contribution in [-0.4, -0.2) is 12.5 Å². The van der Waals surface area contributed by atoms with E-state index in [2.05, 4.69) is 43.4 Å². The summed E-state index contributed by atoms with van der Waals surface area (Å²) in [5.41, 5.74) is 3.46. The molecule has 0 spiro atoms. The molecule has 1 fully saturated rings. The van der Waals surface area contributed by atoms with Crippen LogP contribution in [0.4, 0.5) is 0 Å². The fourth-order valence-corrected chi connectivity index (χ4v) is 3.17. The van der Waals surface area contributed by atoms with Gasteiger partial charge in [-0.2, -0.15) is 0 Å². The van der Waals surface area contributed by atoms with E-state index in [9.17, 15) is 4.79 Å². The van der Waals surface area contributed by atoms with E-state index in [0.717, 1.165) is 16.9 Å². The van der Waals surface area contributed by atoms with E-state index in [1.165, 1.54) is 18.4 Å². The monoisotopic (exact) mass is 337 g/mol. The normalized spacial score (nSPS) is 15.0. The number of benzene rings is 2. The van der Waals surface area contributed by atoms with Crippen LogP contribution < -0.4 is 10.1 Å². The Morgan fingerprint density at radius 3 is 2.52 bits per heavy atom. The van der Waals surface area contributed by atoms with Crippen molar-refractivity contribution in [1.29, 1.82) is 0 Å². The van der Waals surface area contributed by atoms with Crippen LogP contribution in [0.1, 0.15) is 55.3 Å². The Kier molecular flexibility index (Phi) is 5.42. The molecular formula is C22H27NO2. The lowest BCUT2D eigenvalue weighted by atomic mass is 10.0. The highest BCUT2D eigenvalue weighted by Crippen LogP contribution is 2.40. The van der Waals surface area contributed by atoms with Crippen LogP contribution in [0.15, 0.2) is 48.5 Å². The third-order valence-electron chi connectivity index (χ3n) is 4.72. The molecule has 3 rings (SSSR count). The smallest absolute Gasteiger partial charge is 0.258 e. The van der Waals surface area contributed by atoms with Crippen molar-refractivity contribution >= 4 is 5.91 Å². The molecule has 1 N–H and O–H groups in total. The van der Waals surface area contributed by atoms with Crippen LogP contribution >= 0.6 is 0 Å². The number of hydrogen-bond acceptors (Lipinski definition) is 2. The molecule has 0 radical (unpaired) electrons. The van der Waals surface area contributed by atoms with Crippen molar-refractivity contribution in [3.8, 4) is 5.75 Å². The summed E-state index contributed by atoms with van der Waals surface area (Å²) in [4.78, 5) is 12.5. The fraction of sp³-hybridized carbons (Fsp3) is 0.409. The maximum Gasteiger partial charge on any atom is 0.258 e. The number of rotatable bonds is 7. The average Bonchev–Trinajstić information content (AvgIpc) is 3.43. The van der Waals surface area contributed by atoms with E-state index >= 15 is 0 Å². The van der Waals surface area contributed by atoms with Gasteiger partial charge in [0, 0.05) is 0 Å². The van der Waals surface area contributed by atoms with Gasteiger partial charge in [0.05, 0.1) is 6.04 Å². The highest BCUT2D eigenvalue weighted by atomic mass is 16.5. The number of amides is 1. The highest BCUT2D eigenvalue weighted by molar-refractivity contribution is 5.78. The van der Waals surface area contributed by atoms with E-state index in [1.54, 1.807) is 0 Å². The number of hydrogen-bond donors (Lipinski definition) is 1. The Hall–Kier alpha value is -2.29. The summed E-state index contributed by atoms with van der Waals surface area (Å²) in [5, 5.41) is 3.16.